The second kappa shape index (κ2) is 8.21. The molecule has 0 aliphatic heterocycles. The molecule has 0 aliphatic carbocycles. The molecule has 6 heteroatoms. The first-order valence-corrected chi connectivity index (χ1v) is 7.36. The maximum atomic E-state index is 12.2. The van der Waals surface area contributed by atoms with Crippen LogP contribution < -0.4 is 11.1 Å². The van der Waals surface area contributed by atoms with Crippen LogP contribution in [-0.4, -0.2) is 18.2 Å². The van der Waals surface area contributed by atoms with Gasteiger partial charge in [0.05, 0.1) is 5.92 Å². The third kappa shape index (κ3) is 5.88. The van der Waals surface area contributed by atoms with Crippen LogP contribution in [0.4, 0.5) is 14.5 Å². The van der Waals surface area contributed by atoms with Crippen molar-refractivity contribution in [3.8, 4) is 0 Å². The molecular formula is C14H20F2N2OS. The standard InChI is InChI=1S/C14H20F2N2OS/c1-9(2)7-10(8-17)13(19)18-11-3-5-12(6-4-11)20-14(15)16/h3-6,9-10,14H,7-8,17H2,1-2H3,(H,18,19). The van der Waals surface area contributed by atoms with Crippen LogP contribution in [0.2, 0.25) is 0 Å². The molecule has 1 aromatic carbocycles. The largest absolute Gasteiger partial charge is 0.330 e. The molecule has 0 saturated carbocycles. The van der Waals surface area contributed by atoms with Gasteiger partial charge in [-0.1, -0.05) is 25.6 Å². The number of rotatable bonds is 7. The first-order chi connectivity index (χ1) is 9.42. The van der Waals surface area contributed by atoms with Gasteiger partial charge in [0.25, 0.3) is 5.76 Å². The quantitative estimate of drug-likeness (QED) is 0.757. The molecular weight excluding hydrogens is 282 g/mol. The number of hydrogen-bond acceptors (Lipinski definition) is 3. The van der Waals surface area contributed by atoms with Gasteiger partial charge in [-0.2, -0.15) is 8.78 Å². The van der Waals surface area contributed by atoms with Gasteiger partial charge in [0.15, 0.2) is 0 Å². The minimum atomic E-state index is -2.44. The number of halogens is 2. The highest BCUT2D eigenvalue weighted by Gasteiger charge is 2.18. The lowest BCUT2D eigenvalue weighted by Crippen LogP contribution is -2.30. The van der Waals surface area contributed by atoms with Crippen molar-refractivity contribution >= 4 is 23.4 Å². The third-order valence-electron chi connectivity index (χ3n) is 2.76. The number of nitrogens with one attached hydrogen (secondary N) is 1. The van der Waals surface area contributed by atoms with E-state index in [1.54, 1.807) is 24.3 Å². The van der Waals surface area contributed by atoms with Gasteiger partial charge in [0.2, 0.25) is 5.91 Å². The lowest BCUT2D eigenvalue weighted by atomic mass is 9.96. The summed E-state index contributed by atoms with van der Waals surface area (Å²) in [5.41, 5.74) is 6.20. The molecule has 3 nitrogen and oxygen atoms in total. The van der Waals surface area contributed by atoms with E-state index in [2.05, 4.69) is 5.32 Å². The van der Waals surface area contributed by atoms with Crippen LogP contribution in [0.3, 0.4) is 0 Å². The second-order valence-corrected chi connectivity index (χ2v) is 6.02. The van der Waals surface area contributed by atoms with E-state index in [0.717, 1.165) is 6.42 Å². The SMILES string of the molecule is CC(C)CC(CN)C(=O)Nc1ccc(SC(F)F)cc1. The molecule has 20 heavy (non-hydrogen) atoms. The summed E-state index contributed by atoms with van der Waals surface area (Å²) in [4.78, 5) is 12.5. The van der Waals surface area contributed by atoms with Gasteiger partial charge >= 0.3 is 0 Å². The Morgan fingerprint density at radius 2 is 1.90 bits per heavy atom. The normalized spacial score (nSPS) is 12.8. The fourth-order valence-electron chi connectivity index (χ4n) is 1.84. The molecule has 3 N–H and O–H groups in total. The molecule has 1 aromatic rings. The highest BCUT2D eigenvalue weighted by molar-refractivity contribution is 7.99. The molecule has 0 saturated heterocycles. The molecule has 0 bridgehead atoms. The summed E-state index contributed by atoms with van der Waals surface area (Å²) >= 11 is 0.479. The molecule has 0 spiro atoms. The number of thioether (sulfide) groups is 1. The summed E-state index contributed by atoms with van der Waals surface area (Å²) < 4.78 is 24.4. The van der Waals surface area contributed by atoms with Crippen molar-refractivity contribution in [2.75, 3.05) is 11.9 Å². The summed E-state index contributed by atoms with van der Waals surface area (Å²) in [5.74, 6) is -2.41. The van der Waals surface area contributed by atoms with Crippen molar-refractivity contribution in [1.29, 1.82) is 0 Å². The number of alkyl halides is 2. The van der Waals surface area contributed by atoms with E-state index >= 15 is 0 Å². The van der Waals surface area contributed by atoms with Crippen molar-refractivity contribution < 1.29 is 13.6 Å². The number of nitrogens with two attached hydrogens (primary N) is 1. The highest BCUT2D eigenvalue weighted by atomic mass is 32.2. The minimum absolute atomic E-state index is 0.129. The Balaban J connectivity index is 2.61. The predicted molar refractivity (Wildman–Crippen MR) is 78.9 cm³/mol. The van der Waals surface area contributed by atoms with E-state index < -0.39 is 5.76 Å². The molecule has 0 radical (unpaired) electrons. The van der Waals surface area contributed by atoms with Crippen molar-refractivity contribution in [2.24, 2.45) is 17.6 Å². The summed E-state index contributed by atoms with van der Waals surface area (Å²) in [6.45, 7) is 4.36. The second-order valence-electron chi connectivity index (χ2n) is 4.95. The van der Waals surface area contributed by atoms with E-state index in [1.165, 1.54) is 0 Å². The number of carbonyl (C=O) groups excluding carboxylic acids is 1. The van der Waals surface area contributed by atoms with Gasteiger partial charge in [-0.3, -0.25) is 4.79 Å². The van der Waals surface area contributed by atoms with Crippen molar-refractivity contribution in [3.05, 3.63) is 24.3 Å². The Hall–Kier alpha value is -1.14. The fourth-order valence-corrected chi connectivity index (χ4v) is 2.34. The van der Waals surface area contributed by atoms with Crippen LogP contribution in [0.5, 0.6) is 0 Å². The van der Waals surface area contributed by atoms with Crippen LogP contribution in [-0.2, 0) is 4.79 Å². The van der Waals surface area contributed by atoms with Gasteiger partial charge in [0.1, 0.15) is 0 Å². The van der Waals surface area contributed by atoms with Crippen LogP contribution in [0.1, 0.15) is 20.3 Å². The lowest BCUT2D eigenvalue weighted by Gasteiger charge is -2.16. The van der Waals surface area contributed by atoms with Gasteiger partial charge < -0.3 is 11.1 Å². The van der Waals surface area contributed by atoms with Crippen LogP contribution in [0.25, 0.3) is 0 Å². The number of amides is 1. The van der Waals surface area contributed by atoms with Gasteiger partial charge in [-0.05, 0) is 36.6 Å². The van der Waals surface area contributed by atoms with Crippen LogP contribution in [0, 0.1) is 11.8 Å². The topological polar surface area (TPSA) is 55.1 Å². The number of benzene rings is 1. The van der Waals surface area contributed by atoms with Gasteiger partial charge in [-0.25, -0.2) is 0 Å². The van der Waals surface area contributed by atoms with E-state index in [-0.39, 0.29) is 11.8 Å². The molecule has 1 unspecified atom stereocenters. The van der Waals surface area contributed by atoms with E-state index in [0.29, 0.717) is 34.8 Å². The Labute approximate surface area is 122 Å². The zero-order valence-corrected chi connectivity index (χ0v) is 12.4. The third-order valence-corrected chi connectivity index (χ3v) is 3.48. The molecule has 1 atom stereocenters. The summed E-state index contributed by atoms with van der Waals surface area (Å²) in [5, 5.41) is 2.76. The molecule has 0 heterocycles. The molecule has 0 fully saturated rings. The zero-order chi connectivity index (χ0) is 15.1. The lowest BCUT2D eigenvalue weighted by molar-refractivity contribution is -0.120. The Kier molecular flexibility index (Phi) is 6.95. The molecule has 0 aliphatic rings. The van der Waals surface area contributed by atoms with Crippen LogP contribution >= 0.6 is 11.8 Å². The van der Waals surface area contributed by atoms with Crippen molar-refractivity contribution in [3.63, 3.8) is 0 Å². The van der Waals surface area contributed by atoms with Gasteiger partial charge in [-0.15, -0.1) is 0 Å². The van der Waals surface area contributed by atoms with Gasteiger partial charge in [0, 0.05) is 17.1 Å². The van der Waals surface area contributed by atoms with Crippen LogP contribution in [0.15, 0.2) is 29.2 Å². The molecule has 1 amide bonds. The Morgan fingerprint density at radius 1 is 1.30 bits per heavy atom. The molecule has 112 valence electrons. The average Bonchev–Trinajstić information content (AvgIpc) is 2.37. The van der Waals surface area contributed by atoms with E-state index in [9.17, 15) is 13.6 Å². The summed E-state index contributed by atoms with van der Waals surface area (Å²) in [6.07, 6.45) is 0.724. The number of hydrogen-bond donors (Lipinski definition) is 2. The summed E-state index contributed by atoms with van der Waals surface area (Å²) in [7, 11) is 0. The average molecular weight is 302 g/mol. The van der Waals surface area contributed by atoms with Crippen molar-refractivity contribution in [1.82, 2.24) is 0 Å². The number of carbonyl (C=O) groups is 1. The molecule has 1 rings (SSSR count). The smallest absolute Gasteiger partial charge is 0.288 e. The zero-order valence-electron chi connectivity index (χ0n) is 11.6. The first kappa shape index (κ1) is 16.9. The predicted octanol–water partition coefficient (Wildman–Crippen LogP) is 3.56. The minimum Gasteiger partial charge on any atom is -0.330 e. The summed E-state index contributed by atoms with van der Waals surface area (Å²) in [6, 6.07) is 6.36. The Bertz CT molecular complexity index is 424. The monoisotopic (exact) mass is 302 g/mol. The highest BCUT2D eigenvalue weighted by Crippen LogP contribution is 2.26. The fraction of sp³-hybridized carbons (Fsp3) is 0.500. The maximum Gasteiger partial charge on any atom is 0.288 e. The van der Waals surface area contributed by atoms with E-state index in [4.69, 9.17) is 5.73 Å². The first-order valence-electron chi connectivity index (χ1n) is 6.48. The molecule has 0 aromatic heterocycles. The van der Waals surface area contributed by atoms with E-state index in [1.807, 2.05) is 13.8 Å². The Morgan fingerprint density at radius 3 is 2.35 bits per heavy atom. The van der Waals surface area contributed by atoms with Crippen molar-refractivity contribution in [2.45, 2.75) is 30.9 Å². The number of anilines is 1. The maximum absolute atomic E-state index is 12.2.